The molecule has 1 unspecified atom stereocenters. The van der Waals surface area contributed by atoms with Crippen LogP contribution in [-0.4, -0.2) is 74.7 Å². The Morgan fingerprint density at radius 1 is 1.31 bits per heavy atom. The average molecular weight is 227 g/mol. The Morgan fingerprint density at radius 2 is 2.06 bits per heavy atom. The lowest BCUT2D eigenvalue weighted by molar-refractivity contribution is -0.883. The van der Waals surface area contributed by atoms with E-state index in [-0.39, 0.29) is 0 Å². The fourth-order valence-corrected chi connectivity index (χ4v) is 2.44. The van der Waals surface area contributed by atoms with Crippen LogP contribution >= 0.6 is 0 Å². The highest BCUT2D eigenvalue weighted by atomic mass is 16.2. The number of nitrogens with zero attached hydrogens (tertiary/aromatic N) is 2. The Kier molecular flexibility index (Phi) is 4.15. The molecular weight excluding hydrogens is 204 g/mol. The van der Waals surface area contributed by atoms with E-state index in [9.17, 15) is 4.79 Å². The Labute approximate surface area is 97.4 Å². The fourth-order valence-electron chi connectivity index (χ4n) is 2.44. The molecule has 2 rings (SSSR count). The third-order valence-electron chi connectivity index (χ3n) is 3.55. The van der Waals surface area contributed by atoms with E-state index in [4.69, 9.17) is 0 Å². The van der Waals surface area contributed by atoms with Gasteiger partial charge in [0.2, 0.25) is 0 Å². The summed E-state index contributed by atoms with van der Waals surface area (Å²) in [5.74, 6) is 0.328. The van der Waals surface area contributed by atoms with Gasteiger partial charge >= 0.3 is 0 Å². The zero-order valence-electron chi connectivity index (χ0n) is 10.2. The van der Waals surface area contributed by atoms with E-state index in [1.807, 2.05) is 4.90 Å². The van der Waals surface area contributed by atoms with Gasteiger partial charge < -0.3 is 15.1 Å². The molecule has 0 saturated carbocycles. The largest absolute Gasteiger partial charge is 0.335 e. The third-order valence-corrected chi connectivity index (χ3v) is 3.55. The second-order valence-corrected chi connectivity index (χ2v) is 4.68. The Hall–Kier alpha value is -0.650. The highest BCUT2D eigenvalue weighted by Crippen LogP contribution is 1.92. The van der Waals surface area contributed by atoms with Crippen molar-refractivity contribution in [1.29, 1.82) is 0 Å². The lowest BCUT2D eigenvalue weighted by atomic mass is 10.3. The fraction of sp³-hybridized carbons (Fsp3) is 0.909. The molecule has 2 heterocycles. The number of amides is 1. The summed E-state index contributed by atoms with van der Waals surface area (Å²) >= 11 is 0. The van der Waals surface area contributed by atoms with E-state index >= 15 is 0 Å². The van der Waals surface area contributed by atoms with Crippen molar-refractivity contribution >= 4 is 5.91 Å². The van der Waals surface area contributed by atoms with Gasteiger partial charge in [0.15, 0.2) is 6.54 Å². The predicted molar refractivity (Wildman–Crippen MR) is 62.3 cm³/mol. The second kappa shape index (κ2) is 5.61. The van der Waals surface area contributed by atoms with Gasteiger partial charge in [0.1, 0.15) is 6.67 Å². The maximum atomic E-state index is 12.0. The maximum Gasteiger partial charge on any atom is 0.277 e. The van der Waals surface area contributed by atoms with Gasteiger partial charge in [-0.3, -0.25) is 9.69 Å². The van der Waals surface area contributed by atoms with Crippen molar-refractivity contribution in [3.8, 4) is 0 Å². The molecule has 0 aromatic heterocycles. The minimum atomic E-state index is 0.328. The topological polar surface area (TPSA) is 40.0 Å². The Balaban J connectivity index is 1.74. The van der Waals surface area contributed by atoms with Gasteiger partial charge in [0, 0.05) is 32.7 Å². The lowest BCUT2D eigenvalue weighted by Gasteiger charge is -2.28. The van der Waals surface area contributed by atoms with E-state index in [0.717, 1.165) is 52.5 Å². The number of nitrogens with one attached hydrogen (secondary N) is 2. The van der Waals surface area contributed by atoms with Crippen LogP contribution in [0.2, 0.25) is 0 Å². The van der Waals surface area contributed by atoms with Gasteiger partial charge in [0.25, 0.3) is 5.91 Å². The molecule has 0 aliphatic carbocycles. The van der Waals surface area contributed by atoms with E-state index in [0.29, 0.717) is 12.5 Å². The molecule has 2 N–H and O–H groups in total. The number of carbonyl (C=O) groups is 1. The molecule has 92 valence electrons. The molecule has 1 atom stereocenters. The molecule has 2 aliphatic rings. The van der Waals surface area contributed by atoms with Crippen molar-refractivity contribution in [3.05, 3.63) is 0 Å². The number of rotatable bonds is 3. The van der Waals surface area contributed by atoms with Crippen molar-refractivity contribution in [2.24, 2.45) is 0 Å². The number of likely N-dealkylation sites (N-methyl/N-ethyl adjacent to an activating group) is 1. The molecular formula is C11H23N4O+. The molecule has 2 saturated heterocycles. The molecule has 0 bridgehead atoms. The highest BCUT2D eigenvalue weighted by Gasteiger charge is 2.26. The monoisotopic (exact) mass is 227 g/mol. The molecule has 2 fully saturated rings. The molecule has 0 aromatic rings. The van der Waals surface area contributed by atoms with Crippen LogP contribution in [0.3, 0.4) is 0 Å². The summed E-state index contributed by atoms with van der Waals surface area (Å²) < 4.78 is 0. The minimum absolute atomic E-state index is 0.328. The Bertz CT molecular complexity index is 240. The summed E-state index contributed by atoms with van der Waals surface area (Å²) in [6, 6.07) is 0. The summed E-state index contributed by atoms with van der Waals surface area (Å²) in [6.45, 7) is 10.9. The quantitative estimate of drug-likeness (QED) is 0.564. The summed E-state index contributed by atoms with van der Waals surface area (Å²) in [7, 11) is 0. The smallest absolute Gasteiger partial charge is 0.277 e. The molecule has 0 radical (unpaired) electrons. The maximum absolute atomic E-state index is 12.0. The zero-order chi connectivity index (χ0) is 11.4. The standard InChI is InChI=1S/C11H22N4O/c1-2-13-7-8-14(10-13)9-11(16)15-5-3-12-4-6-15/h12H,2-10H2,1H3/p+1. The second-order valence-electron chi connectivity index (χ2n) is 4.68. The number of hydrogen-bond acceptors (Lipinski definition) is 3. The minimum Gasteiger partial charge on any atom is -0.335 e. The van der Waals surface area contributed by atoms with Crippen LogP contribution in [0.15, 0.2) is 0 Å². The van der Waals surface area contributed by atoms with Crippen molar-refractivity contribution in [2.45, 2.75) is 6.92 Å². The van der Waals surface area contributed by atoms with Gasteiger partial charge in [-0.15, -0.1) is 0 Å². The molecule has 5 nitrogen and oxygen atoms in total. The lowest BCUT2D eigenvalue weighted by Crippen LogP contribution is -3.12. The van der Waals surface area contributed by atoms with Gasteiger partial charge in [-0.25, -0.2) is 0 Å². The van der Waals surface area contributed by atoms with Gasteiger partial charge in [-0.2, -0.15) is 0 Å². The molecule has 0 spiro atoms. The number of hydrogen-bond donors (Lipinski definition) is 2. The summed E-state index contributed by atoms with van der Waals surface area (Å²) in [4.78, 5) is 17.8. The van der Waals surface area contributed by atoms with Crippen LogP contribution in [0, 0.1) is 0 Å². The van der Waals surface area contributed by atoms with E-state index in [2.05, 4.69) is 17.1 Å². The first kappa shape index (κ1) is 11.8. The van der Waals surface area contributed by atoms with Crippen LogP contribution in [0.5, 0.6) is 0 Å². The van der Waals surface area contributed by atoms with Crippen LogP contribution in [-0.2, 0) is 4.79 Å². The molecule has 1 amide bonds. The first-order chi connectivity index (χ1) is 7.79. The van der Waals surface area contributed by atoms with Gasteiger partial charge in [-0.1, -0.05) is 6.92 Å². The molecule has 0 aromatic carbocycles. The zero-order valence-corrected chi connectivity index (χ0v) is 10.2. The summed E-state index contributed by atoms with van der Waals surface area (Å²) in [6.07, 6.45) is 0. The molecule has 2 aliphatic heterocycles. The number of quaternary nitrogens is 1. The number of carbonyl (C=O) groups excluding carboxylic acids is 1. The summed E-state index contributed by atoms with van der Waals surface area (Å²) in [5, 5.41) is 3.27. The third kappa shape index (κ3) is 2.93. The summed E-state index contributed by atoms with van der Waals surface area (Å²) in [5.41, 5.74) is 0. The van der Waals surface area contributed by atoms with Crippen molar-refractivity contribution < 1.29 is 9.69 Å². The normalized spacial score (nSPS) is 27.3. The first-order valence-corrected chi connectivity index (χ1v) is 6.34. The van der Waals surface area contributed by atoms with Crippen LogP contribution in [0.4, 0.5) is 0 Å². The van der Waals surface area contributed by atoms with Gasteiger partial charge in [-0.05, 0) is 0 Å². The first-order valence-electron chi connectivity index (χ1n) is 6.34. The van der Waals surface area contributed by atoms with Crippen molar-refractivity contribution in [1.82, 2.24) is 15.1 Å². The van der Waals surface area contributed by atoms with E-state index in [1.54, 1.807) is 0 Å². The van der Waals surface area contributed by atoms with Crippen molar-refractivity contribution in [2.75, 3.05) is 59.0 Å². The Morgan fingerprint density at radius 3 is 2.69 bits per heavy atom. The van der Waals surface area contributed by atoms with E-state index in [1.165, 1.54) is 4.90 Å². The van der Waals surface area contributed by atoms with Crippen LogP contribution in [0.25, 0.3) is 0 Å². The highest BCUT2D eigenvalue weighted by molar-refractivity contribution is 5.77. The van der Waals surface area contributed by atoms with Crippen molar-refractivity contribution in [3.63, 3.8) is 0 Å². The van der Waals surface area contributed by atoms with E-state index < -0.39 is 0 Å². The number of piperazine rings is 1. The SMILES string of the molecule is CCN1CC[NH+](CC(=O)N2CCNCC2)C1. The average Bonchev–Trinajstić information content (AvgIpc) is 2.78. The van der Waals surface area contributed by atoms with Crippen LogP contribution in [0.1, 0.15) is 6.92 Å². The molecule has 16 heavy (non-hydrogen) atoms. The predicted octanol–water partition coefficient (Wildman–Crippen LogP) is -2.40. The molecule has 5 heteroatoms. The van der Waals surface area contributed by atoms with Crippen LogP contribution < -0.4 is 10.2 Å². The van der Waals surface area contributed by atoms with Gasteiger partial charge in [0.05, 0.1) is 13.1 Å².